The molecule has 0 aromatic heterocycles. The lowest BCUT2D eigenvalue weighted by Gasteiger charge is -2.41. The van der Waals surface area contributed by atoms with Crippen LogP contribution in [0.3, 0.4) is 0 Å². The molecule has 1 aliphatic rings. The molecular weight excluding hydrogens is 312 g/mol. The molecule has 1 atom stereocenters. The highest BCUT2D eigenvalue weighted by Crippen LogP contribution is 2.46. The molecule has 0 aromatic carbocycles. The van der Waals surface area contributed by atoms with Crippen molar-refractivity contribution in [1.29, 1.82) is 0 Å². The van der Waals surface area contributed by atoms with E-state index in [1.54, 1.807) is 0 Å². The van der Waals surface area contributed by atoms with Gasteiger partial charge < -0.3 is 0 Å². The zero-order valence-corrected chi connectivity index (χ0v) is 18.6. The van der Waals surface area contributed by atoms with Gasteiger partial charge in [-0.2, -0.15) is 0 Å². The van der Waals surface area contributed by atoms with Gasteiger partial charge in [0, 0.05) is 0 Å². The van der Waals surface area contributed by atoms with Crippen LogP contribution in [-0.2, 0) is 0 Å². The molecule has 0 aliphatic heterocycles. The predicted molar refractivity (Wildman–Crippen MR) is 119 cm³/mol. The zero-order chi connectivity index (χ0) is 19.8. The van der Waals surface area contributed by atoms with Crippen molar-refractivity contribution >= 4 is 0 Å². The van der Waals surface area contributed by atoms with Crippen molar-refractivity contribution < 1.29 is 0 Å². The van der Waals surface area contributed by atoms with Gasteiger partial charge in [0.2, 0.25) is 0 Å². The van der Waals surface area contributed by atoms with Crippen molar-refractivity contribution in [2.24, 2.45) is 16.7 Å². The molecule has 1 fully saturated rings. The Morgan fingerprint density at radius 2 is 1.96 bits per heavy atom. The van der Waals surface area contributed by atoms with Crippen LogP contribution in [-0.4, -0.2) is 0 Å². The molecule has 1 saturated carbocycles. The van der Waals surface area contributed by atoms with Gasteiger partial charge in [0.15, 0.2) is 0 Å². The summed E-state index contributed by atoms with van der Waals surface area (Å²) in [5.41, 5.74) is 5.02. The van der Waals surface area contributed by atoms with Gasteiger partial charge in [-0.25, -0.2) is 0 Å². The molecular formula is C26H44. The van der Waals surface area contributed by atoms with E-state index in [0.29, 0.717) is 11.3 Å². The number of hydrogen-bond donors (Lipinski definition) is 0. The molecule has 0 bridgehead atoms. The fraction of sp³-hybridized carbons (Fsp3) is 0.692. The fourth-order valence-corrected chi connectivity index (χ4v) is 4.23. The summed E-state index contributed by atoms with van der Waals surface area (Å²) in [6.07, 6.45) is 17.9. The molecule has 0 radical (unpaired) electrons. The summed E-state index contributed by atoms with van der Waals surface area (Å²) in [7, 11) is 0. The first-order chi connectivity index (χ1) is 12.1. The second-order valence-corrected chi connectivity index (χ2v) is 9.90. The van der Waals surface area contributed by atoms with E-state index in [-0.39, 0.29) is 5.41 Å². The van der Waals surface area contributed by atoms with E-state index in [4.69, 9.17) is 0 Å². The molecule has 0 saturated heterocycles. The molecule has 0 nitrogen and oxygen atoms in total. The van der Waals surface area contributed by atoms with Crippen molar-refractivity contribution in [3.05, 3.63) is 48.1 Å². The monoisotopic (exact) mass is 356 g/mol. The van der Waals surface area contributed by atoms with E-state index in [2.05, 4.69) is 72.9 Å². The fourth-order valence-electron chi connectivity index (χ4n) is 4.23. The van der Waals surface area contributed by atoms with E-state index in [9.17, 15) is 0 Å². The van der Waals surface area contributed by atoms with Gasteiger partial charge >= 0.3 is 0 Å². The predicted octanol–water partition coefficient (Wildman–Crippen LogP) is 8.81. The smallest absolute Gasteiger partial charge is 0.0117 e. The molecule has 1 unspecified atom stereocenters. The average Bonchev–Trinajstić information content (AvgIpc) is 2.53. The molecule has 0 spiro atoms. The Morgan fingerprint density at radius 1 is 1.27 bits per heavy atom. The Morgan fingerprint density at radius 3 is 2.58 bits per heavy atom. The minimum absolute atomic E-state index is 0.254. The normalized spacial score (nSPS) is 21.4. The summed E-state index contributed by atoms with van der Waals surface area (Å²) in [4.78, 5) is 0. The maximum absolute atomic E-state index is 4.42. The second kappa shape index (κ2) is 10.3. The van der Waals surface area contributed by atoms with Gasteiger partial charge in [-0.3, -0.25) is 0 Å². The molecule has 0 amide bonds. The lowest BCUT2D eigenvalue weighted by atomic mass is 9.64. The topological polar surface area (TPSA) is 0 Å². The summed E-state index contributed by atoms with van der Waals surface area (Å²) >= 11 is 0. The maximum Gasteiger partial charge on any atom is -0.0117 e. The summed E-state index contributed by atoms with van der Waals surface area (Å²) < 4.78 is 0. The molecule has 0 heterocycles. The van der Waals surface area contributed by atoms with Gasteiger partial charge in [0.25, 0.3) is 0 Å². The standard InChI is InChI=1S/C26H44/c1-9-13-21(2)14-10-11-17-25(5,6)19-16-22(3)20-24-23(4)15-12-18-26(24,7)8/h11,13,17,24H,3-4,9-10,12,14-16,18-20H2,1-2,5-8H3/b17-11+,21-13-. The van der Waals surface area contributed by atoms with Gasteiger partial charge in [0.05, 0.1) is 0 Å². The van der Waals surface area contributed by atoms with Crippen LogP contribution in [0, 0.1) is 16.7 Å². The third-order valence-corrected chi connectivity index (χ3v) is 6.20. The lowest BCUT2D eigenvalue weighted by molar-refractivity contribution is 0.187. The maximum atomic E-state index is 4.42. The van der Waals surface area contributed by atoms with Crippen LogP contribution in [0.2, 0.25) is 0 Å². The van der Waals surface area contributed by atoms with Crippen LogP contribution in [0.15, 0.2) is 48.1 Å². The molecule has 26 heavy (non-hydrogen) atoms. The second-order valence-electron chi connectivity index (χ2n) is 9.90. The van der Waals surface area contributed by atoms with Gasteiger partial charge in [-0.15, -0.1) is 0 Å². The van der Waals surface area contributed by atoms with E-state index >= 15 is 0 Å². The van der Waals surface area contributed by atoms with Crippen molar-refractivity contribution in [2.75, 3.05) is 0 Å². The highest BCUT2D eigenvalue weighted by Gasteiger charge is 2.34. The Bertz CT molecular complexity index is 524. The molecule has 0 N–H and O–H groups in total. The zero-order valence-electron chi connectivity index (χ0n) is 18.6. The van der Waals surface area contributed by atoms with E-state index in [1.165, 1.54) is 48.8 Å². The lowest BCUT2D eigenvalue weighted by Crippen LogP contribution is -2.29. The van der Waals surface area contributed by atoms with Crippen LogP contribution in [0.5, 0.6) is 0 Å². The summed E-state index contributed by atoms with van der Waals surface area (Å²) in [5.74, 6) is 0.621. The van der Waals surface area contributed by atoms with Crippen LogP contribution < -0.4 is 0 Å². The van der Waals surface area contributed by atoms with Crippen molar-refractivity contribution in [3.63, 3.8) is 0 Å². The summed E-state index contributed by atoms with van der Waals surface area (Å²) in [6.45, 7) is 22.8. The van der Waals surface area contributed by atoms with E-state index < -0.39 is 0 Å². The molecule has 1 aliphatic carbocycles. The average molecular weight is 357 g/mol. The summed E-state index contributed by atoms with van der Waals surface area (Å²) in [5, 5.41) is 0. The third kappa shape index (κ3) is 8.11. The molecule has 148 valence electrons. The molecule has 1 rings (SSSR count). The van der Waals surface area contributed by atoms with Crippen molar-refractivity contribution in [2.45, 2.75) is 99.3 Å². The summed E-state index contributed by atoms with van der Waals surface area (Å²) in [6, 6.07) is 0. The van der Waals surface area contributed by atoms with E-state index in [0.717, 1.165) is 25.7 Å². The first-order valence-corrected chi connectivity index (χ1v) is 10.7. The molecule has 0 aromatic rings. The Balaban J connectivity index is 2.44. The number of rotatable bonds is 10. The highest BCUT2D eigenvalue weighted by atomic mass is 14.4. The SMILES string of the molecule is C=C(CCC(C)(C)/C=C/CC/C(C)=C\CC)CC1C(=C)CCCC1(C)C. The van der Waals surface area contributed by atoms with Gasteiger partial charge in [0.1, 0.15) is 0 Å². The van der Waals surface area contributed by atoms with E-state index in [1.807, 2.05) is 0 Å². The van der Waals surface area contributed by atoms with Crippen LogP contribution in [0.4, 0.5) is 0 Å². The first-order valence-electron chi connectivity index (χ1n) is 10.7. The van der Waals surface area contributed by atoms with Crippen LogP contribution in [0.1, 0.15) is 99.3 Å². The minimum Gasteiger partial charge on any atom is -0.0998 e. The minimum atomic E-state index is 0.254. The Labute approximate surface area is 164 Å². The quantitative estimate of drug-likeness (QED) is 0.343. The Kier molecular flexibility index (Phi) is 9.14. The van der Waals surface area contributed by atoms with Gasteiger partial charge in [-0.05, 0) is 81.5 Å². The molecule has 0 heteroatoms. The highest BCUT2D eigenvalue weighted by molar-refractivity contribution is 5.14. The van der Waals surface area contributed by atoms with Gasteiger partial charge in [-0.1, -0.05) is 82.7 Å². The number of allylic oxidation sites excluding steroid dienone is 6. The van der Waals surface area contributed by atoms with Crippen molar-refractivity contribution in [1.82, 2.24) is 0 Å². The third-order valence-electron chi connectivity index (χ3n) is 6.20. The van der Waals surface area contributed by atoms with Crippen molar-refractivity contribution in [3.8, 4) is 0 Å². The first kappa shape index (κ1) is 23.0. The van der Waals surface area contributed by atoms with Crippen LogP contribution in [0.25, 0.3) is 0 Å². The Hall–Kier alpha value is -1.04. The van der Waals surface area contributed by atoms with Crippen LogP contribution >= 0.6 is 0 Å². The largest absolute Gasteiger partial charge is 0.0998 e. The number of hydrogen-bond acceptors (Lipinski definition) is 0.